The lowest BCUT2D eigenvalue weighted by Crippen LogP contribution is -2.31. The second-order valence-corrected chi connectivity index (χ2v) is 8.78. The molecule has 3 aromatic rings. The summed E-state index contributed by atoms with van der Waals surface area (Å²) < 4.78 is 10.7. The molecule has 0 radical (unpaired) electrons. The number of rotatable bonds is 7. The number of fused-ring (bicyclic) bond motifs is 2. The molecule has 0 N–H and O–H groups in total. The number of aryl methyl sites for hydroxylation is 3. The molecule has 6 nitrogen and oxygen atoms in total. The molecule has 0 atom stereocenters. The van der Waals surface area contributed by atoms with Crippen LogP contribution in [0.1, 0.15) is 41.0 Å². The Kier molecular flexibility index (Phi) is 6.23. The average Bonchev–Trinajstić information content (AvgIpc) is 3.20. The van der Waals surface area contributed by atoms with Crippen LogP contribution in [0, 0.1) is 6.92 Å². The highest BCUT2D eigenvalue weighted by Crippen LogP contribution is 2.32. The average molecular weight is 439 g/mol. The van der Waals surface area contributed by atoms with E-state index >= 15 is 0 Å². The van der Waals surface area contributed by atoms with Gasteiger partial charge in [0.25, 0.3) is 0 Å². The van der Waals surface area contributed by atoms with Crippen LogP contribution in [-0.4, -0.2) is 24.5 Å². The van der Waals surface area contributed by atoms with E-state index in [1.807, 2.05) is 19.1 Å². The van der Waals surface area contributed by atoms with Gasteiger partial charge < -0.3 is 9.15 Å². The molecule has 2 aromatic heterocycles. The van der Waals surface area contributed by atoms with Crippen molar-refractivity contribution in [1.29, 1.82) is 0 Å². The van der Waals surface area contributed by atoms with E-state index in [-0.39, 0.29) is 12.3 Å². The molecule has 0 unspecified atom stereocenters. The molecule has 4 rings (SSSR count). The van der Waals surface area contributed by atoms with Gasteiger partial charge in [0, 0.05) is 34.9 Å². The summed E-state index contributed by atoms with van der Waals surface area (Å²) in [5.41, 5.74) is 2.56. The van der Waals surface area contributed by atoms with Crippen LogP contribution < -0.4 is 15.3 Å². The van der Waals surface area contributed by atoms with Crippen LogP contribution >= 0.6 is 11.3 Å². The number of hydrogen-bond donors (Lipinski definition) is 0. The highest BCUT2D eigenvalue weighted by atomic mass is 32.1. The van der Waals surface area contributed by atoms with E-state index in [1.165, 1.54) is 11.3 Å². The van der Waals surface area contributed by atoms with Gasteiger partial charge in [-0.2, -0.15) is 0 Å². The van der Waals surface area contributed by atoms with Crippen LogP contribution in [0.15, 0.2) is 40.1 Å². The molecule has 2 heterocycles. The highest BCUT2D eigenvalue weighted by Gasteiger charge is 2.23. The summed E-state index contributed by atoms with van der Waals surface area (Å²) in [5, 5.41) is 1.57. The normalized spacial score (nSPS) is 13.1. The van der Waals surface area contributed by atoms with Crippen molar-refractivity contribution in [2.45, 2.75) is 45.4 Å². The first kappa shape index (κ1) is 21.3. The highest BCUT2D eigenvalue weighted by molar-refractivity contribution is 7.16. The minimum Gasteiger partial charge on any atom is -0.497 e. The molecule has 162 valence electrons. The number of hydrogen-bond acceptors (Lipinski definition) is 6. The summed E-state index contributed by atoms with van der Waals surface area (Å²) in [6, 6.07) is 5.41. The summed E-state index contributed by atoms with van der Waals surface area (Å²) in [6.45, 7) is 6.08. The van der Waals surface area contributed by atoms with Crippen molar-refractivity contribution in [2.75, 3.05) is 18.6 Å². The van der Waals surface area contributed by atoms with Gasteiger partial charge in [0.15, 0.2) is 5.13 Å². The molecule has 0 saturated heterocycles. The molecule has 31 heavy (non-hydrogen) atoms. The third-order valence-electron chi connectivity index (χ3n) is 5.76. The maximum absolute atomic E-state index is 13.1. The van der Waals surface area contributed by atoms with Crippen molar-refractivity contribution in [3.63, 3.8) is 0 Å². The minimum absolute atomic E-state index is 0.0698. The smallest absolute Gasteiger partial charge is 0.339 e. The topological polar surface area (TPSA) is 72.6 Å². The Morgan fingerprint density at radius 2 is 2.16 bits per heavy atom. The maximum atomic E-state index is 13.1. The van der Waals surface area contributed by atoms with Gasteiger partial charge in [0.1, 0.15) is 11.3 Å². The van der Waals surface area contributed by atoms with Crippen LogP contribution in [0.2, 0.25) is 0 Å². The number of aromatic nitrogens is 1. The molecular formula is C24H26N2O4S. The van der Waals surface area contributed by atoms with Crippen LogP contribution in [0.5, 0.6) is 5.75 Å². The number of anilines is 1. The van der Waals surface area contributed by atoms with Crippen LogP contribution in [0.25, 0.3) is 11.0 Å². The van der Waals surface area contributed by atoms with E-state index < -0.39 is 5.63 Å². The Morgan fingerprint density at radius 3 is 2.90 bits per heavy atom. The SMILES string of the molecule is C=CCN(C(=O)CCc1c(C)c2ccc(OC)cc2oc1=O)c1nc2c(s1)CCCC2. The molecule has 1 aromatic carbocycles. The lowest BCUT2D eigenvalue weighted by molar-refractivity contribution is -0.118. The first-order chi connectivity index (χ1) is 15.0. The molecule has 0 fully saturated rings. The lowest BCUT2D eigenvalue weighted by Gasteiger charge is -2.18. The van der Waals surface area contributed by atoms with Gasteiger partial charge in [-0.15, -0.1) is 17.9 Å². The molecule has 7 heteroatoms. The number of carbonyl (C=O) groups excluding carboxylic acids is 1. The third kappa shape index (κ3) is 4.28. The summed E-state index contributed by atoms with van der Waals surface area (Å²) in [7, 11) is 1.57. The zero-order chi connectivity index (χ0) is 22.0. The summed E-state index contributed by atoms with van der Waals surface area (Å²) in [5.74, 6) is 0.559. The third-order valence-corrected chi connectivity index (χ3v) is 6.94. The van der Waals surface area contributed by atoms with Crippen LogP contribution in [-0.2, 0) is 24.1 Å². The number of ether oxygens (including phenoxy) is 1. The molecule has 0 bridgehead atoms. The predicted octanol–water partition coefficient (Wildman–Crippen LogP) is 4.60. The number of carbonyl (C=O) groups is 1. The molecule has 0 spiro atoms. The fourth-order valence-corrected chi connectivity index (χ4v) is 5.20. The maximum Gasteiger partial charge on any atom is 0.339 e. The Bertz CT molecular complexity index is 1170. The minimum atomic E-state index is -0.411. The van der Waals surface area contributed by atoms with E-state index in [0.29, 0.717) is 29.9 Å². The summed E-state index contributed by atoms with van der Waals surface area (Å²) in [4.78, 5) is 33.4. The predicted molar refractivity (Wildman–Crippen MR) is 123 cm³/mol. The lowest BCUT2D eigenvalue weighted by atomic mass is 10.0. The van der Waals surface area contributed by atoms with Gasteiger partial charge in [-0.25, -0.2) is 9.78 Å². The fraction of sp³-hybridized carbons (Fsp3) is 0.375. The molecule has 1 amide bonds. The molecule has 1 aliphatic carbocycles. The first-order valence-corrected chi connectivity index (χ1v) is 11.3. The largest absolute Gasteiger partial charge is 0.497 e. The van der Waals surface area contributed by atoms with Gasteiger partial charge in [0.05, 0.1) is 12.8 Å². The monoisotopic (exact) mass is 438 g/mol. The second-order valence-electron chi connectivity index (χ2n) is 7.72. The fourth-order valence-electron chi connectivity index (χ4n) is 4.03. The van der Waals surface area contributed by atoms with E-state index in [4.69, 9.17) is 14.1 Å². The molecule has 0 aliphatic heterocycles. The van der Waals surface area contributed by atoms with Crippen molar-refractivity contribution in [2.24, 2.45) is 0 Å². The Hall–Kier alpha value is -2.93. The zero-order valence-electron chi connectivity index (χ0n) is 17.9. The Balaban J connectivity index is 1.56. The zero-order valence-corrected chi connectivity index (χ0v) is 18.7. The van der Waals surface area contributed by atoms with Gasteiger partial charge in [0.2, 0.25) is 5.91 Å². The van der Waals surface area contributed by atoms with Crippen LogP contribution in [0.3, 0.4) is 0 Å². The summed E-state index contributed by atoms with van der Waals surface area (Å²) in [6.07, 6.45) is 6.55. The van der Waals surface area contributed by atoms with E-state index in [0.717, 1.165) is 41.0 Å². The van der Waals surface area contributed by atoms with Crippen molar-refractivity contribution in [3.8, 4) is 5.75 Å². The van der Waals surface area contributed by atoms with Crippen molar-refractivity contribution < 1.29 is 13.9 Å². The molecule has 1 aliphatic rings. The van der Waals surface area contributed by atoms with Crippen LogP contribution in [0.4, 0.5) is 5.13 Å². The number of methoxy groups -OCH3 is 1. The van der Waals surface area contributed by atoms with E-state index in [9.17, 15) is 9.59 Å². The Morgan fingerprint density at radius 1 is 1.35 bits per heavy atom. The number of nitrogens with zero attached hydrogens (tertiary/aromatic N) is 2. The van der Waals surface area contributed by atoms with Gasteiger partial charge >= 0.3 is 5.63 Å². The van der Waals surface area contributed by atoms with Gasteiger partial charge in [-0.1, -0.05) is 6.08 Å². The van der Waals surface area contributed by atoms with E-state index in [2.05, 4.69) is 6.58 Å². The van der Waals surface area contributed by atoms with E-state index in [1.54, 1.807) is 35.5 Å². The number of benzene rings is 1. The van der Waals surface area contributed by atoms with Gasteiger partial charge in [-0.3, -0.25) is 9.69 Å². The molecule has 0 saturated carbocycles. The second kappa shape index (κ2) is 9.06. The standard InChI is InChI=1S/C24H26N2O4S/c1-4-13-26(24-25-19-7-5-6-8-21(19)31-24)22(27)12-11-18-15(2)17-10-9-16(29-3)14-20(17)30-23(18)28/h4,9-10,14H,1,5-8,11-13H2,2-3H3. The summed E-state index contributed by atoms with van der Waals surface area (Å²) >= 11 is 1.60. The van der Waals surface area contributed by atoms with Crippen molar-refractivity contribution in [1.82, 2.24) is 4.98 Å². The Labute approximate surface area is 185 Å². The quantitative estimate of drug-likeness (QED) is 0.398. The van der Waals surface area contributed by atoms with Gasteiger partial charge in [-0.05, 0) is 56.7 Å². The number of thiazole rings is 1. The number of amides is 1. The molecular weight excluding hydrogens is 412 g/mol. The van der Waals surface area contributed by atoms with Crippen molar-refractivity contribution >= 4 is 33.3 Å². The first-order valence-electron chi connectivity index (χ1n) is 10.5. The van der Waals surface area contributed by atoms with Crippen molar-refractivity contribution in [3.05, 3.63) is 63.0 Å².